The molecule has 1 nitrogen and oxygen atoms in total. The Kier molecular flexibility index (Phi) is 4.66. The Morgan fingerprint density at radius 3 is 2.38 bits per heavy atom. The first-order valence-corrected chi connectivity index (χ1v) is 11.2. The van der Waals surface area contributed by atoms with Crippen molar-refractivity contribution in [2.45, 2.75) is 38.5 Å². The van der Waals surface area contributed by atoms with E-state index >= 15 is 0 Å². The molecule has 2 aromatic carbocycles. The van der Waals surface area contributed by atoms with Crippen LogP contribution in [0.3, 0.4) is 0 Å². The third-order valence-electron chi connectivity index (χ3n) is 6.35. The van der Waals surface area contributed by atoms with Crippen molar-refractivity contribution in [1.82, 2.24) is 4.90 Å². The largest absolute Gasteiger partial charge is 0.302 e. The molecule has 2 aliphatic carbocycles. The van der Waals surface area contributed by atoms with Crippen molar-refractivity contribution in [3.63, 3.8) is 0 Å². The molecular formula is C24H26IN. The molecule has 2 heteroatoms. The Labute approximate surface area is 170 Å². The van der Waals surface area contributed by atoms with Gasteiger partial charge in [0.2, 0.25) is 0 Å². The monoisotopic (exact) mass is 455 g/mol. The summed E-state index contributed by atoms with van der Waals surface area (Å²) in [5, 5.41) is 0. The average Bonchev–Trinajstić information content (AvgIpc) is 3.49. The lowest BCUT2D eigenvalue weighted by molar-refractivity contribution is 0.247. The van der Waals surface area contributed by atoms with E-state index in [0.717, 1.165) is 5.92 Å². The van der Waals surface area contributed by atoms with Crippen molar-refractivity contribution in [2.75, 3.05) is 19.6 Å². The van der Waals surface area contributed by atoms with E-state index in [4.69, 9.17) is 0 Å². The van der Waals surface area contributed by atoms with Crippen LogP contribution < -0.4 is 0 Å². The molecule has 0 spiro atoms. The summed E-state index contributed by atoms with van der Waals surface area (Å²) in [4.78, 5) is 2.71. The lowest BCUT2D eigenvalue weighted by Gasteiger charge is -2.30. The number of rotatable bonds is 2. The molecule has 2 aromatic rings. The van der Waals surface area contributed by atoms with E-state index in [1.165, 1.54) is 84.0 Å². The number of aryl methyl sites for hydroxylation is 1. The molecule has 0 amide bonds. The van der Waals surface area contributed by atoms with Crippen molar-refractivity contribution in [1.29, 1.82) is 0 Å². The van der Waals surface area contributed by atoms with E-state index in [0.29, 0.717) is 0 Å². The standard InChI is InChI=1S/C24H26IN/c25-20-8-10-22-19(15-20)7-9-21(23-3-1-2-4-24(22)23)18-11-13-26(14-12-18)16-17-5-6-17/h1-4,8,10,15,17H,5-7,9,11-14,16H2. The Balaban J connectivity index is 1.49. The van der Waals surface area contributed by atoms with Crippen LogP contribution in [-0.2, 0) is 6.42 Å². The number of halogens is 1. The summed E-state index contributed by atoms with van der Waals surface area (Å²) >= 11 is 2.45. The van der Waals surface area contributed by atoms with Gasteiger partial charge in [-0.25, -0.2) is 0 Å². The molecular weight excluding hydrogens is 429 g/mol. The maximum absolute atomic E-state index is 2.71. The molecule has 0 N–H and O–H groups in total. The Bertz CT molecular complexity index is 852. The fourth-order valence-corrected chi connectivity index (χ4v) is 5.30. The number of nitrogens with zero attached hydrogens (tertiary/aromatic N) is 1. The Hall–Kier alpha value is -1.13. The van der Waals surface area contributed by atoms with E-state index in [1.807, 2.05) is 0 Å². The van der Waals surface area contributed by atoms with Gasteiger partial charge in [-0.15, -0.1) is 0 Å². The number of hydrogen-bond donors (Lipinski definition) is 0. The SMILES string of the molecule is Ic1ccc2c(c1)CCC(=C1CCN(CC3CC3)CC1)c1ccccc1-2. The molecule has 5 rings (SSSR count). The van der Waals surface area contributed by atoms with Gasteiger partial charge in [-0.1, -0.05) is 35.9 Å². The number of allylic oxidation sites excluding steroid dienone is 1. The van der Waals surface area contributed by atoms with Crippen molar-refractivity contribution in [3.8, 4) is 11.1 Å². The molecule has 1 heterocycles. The zero-order valence-corrected chi connectivity index (χ0v) is 17.5. The summed E-state index contributed by atoms with van der Waals surface area (Å²) in [7, 11) is 0. The lowest BCUT2D eigenvalue weighted by Crippen LogP contribution is -2.32. The van der Waals surface area contributed by atoms with Crippen molar-refractivity contribution < 1.29 is 0 Å². The first-order valence-electron chi connectivity index (χ1n) is 10.1. The van der Waals surface area contributed by atoms with Crippen LogP contribution in [0, 0.1) is 9.49 Å². The van der Waals surface area contributed by atoms with E-state index in [9.17, 15) is 0 Å². The van der Waals surface area contributed by atoms with Crippen LogP contribution in [0.15, 0.2) is 48.0 Å². The highest BCUT2D eigenvalue weighted by atomic mass is 127. The number of piperidine rings is 1. The zero-order valence-electron chi connectivity index (χ0n) is 15.3. The van der Waals surface area contributed by atoms with Gasteiger partial charge in [-0.3, -0.25) is 0 Å². The van der Waals surface area contributed by atoms with Gasteiger partial charge in [0.05, 0.1) is 0 Å². The summed E-state index contributed by atoms with van der Waals surface area (Å²) in [6.45, 7) is 3.88. The summed E-state index contributed by atoms with van der Waals surface area (Å²) in [5.41, 5.74) is 9.29. The third kappa shape index (κ3) is 3.38. The van der Waals surface area contributed by atoms with E-state index < -0.39 is 0 Å². The molecule has 26 heavy (non-hydrogen) atoms. The fourth-order valence-electron chi connectivity index (χ4n) is 4.75. The molecule has 134 valence electrons. The average molecular weight is 455 g/mol. The zero-order chi connectivity index (χ0) is 17.5. The van der Waals surface area contributed by atoms with Crippen LogP contribution >= 0.6 is 22.6 Å². The molecule has 1 aliphatic heterocycles. The lowest BCUT2D eigenvalue weighted by atomic mass is 9.88. The number of likely N-dealkylation sites (tertiary alicyclic amines) is 1. The van der Waals surface area contributed by atoms with Crippen LogP contribution in [0.5, 0.6) is 0 Å². The quantitative estimate of drug-likeness (QED) is 0.490. The molecule has 0 radical (unpaired) electrons. The Morgan fingerprint density at radius 1 is 0.846 bits per heavy atom. The molecule has 0 bridgehead atoms. The molecule has 0 unspecified atom stereocenters. The first kappa shape index (κ1) is 17.0. The third-order valence-corrected chi connectivity index (χ3v) is 7.02. The second-order valence-electron chi connectivity index (χ2n) is 8.17. The highest BCUT2D eigenvalue weighted by molar-refractivity contribution is 14.1. The minimum atomic E-state index is 1.01. The van der Waals surface area contributed by atoms with E-state index in [-0.39, 0.29) is 0 Å². The highest BCUT2D eigenvalue weighted by Crippen LogP contribution is 2.41. The van der Waals surface area contributed by atoms with Gasteiger partial charge in [0, 0.05) is 23.2 Å². The van der Waals surface area contributed by atoms with Crippen molar-refractivity contribution in [3.05, 3.63) is 62.7 Å². The van der Waals surface area contributed by atoms with Gasteiger partial charge in [0.1, 0.15) is 0 Å². The second-order valence-corrected chi connectivity index (χ2v) is 9.42. The second kappa shape index (κ2) is 7.12. The predicted molar refractivity (Wildman–Crippen MR) is 118 cm³/mol. The minimum Gasteiger partial charge on any atom is -0.302 e. The fraction of sp³-hybridized carbons (Fsp3) is 0.417. The van der Waals surface area contributed by atoms with Gasteiger partial charge in [0.25, 0.3) is 0 Å². The normalized spacial score (nSPS) is 20.5. The summed E-state index contributed by atoms with van der Waals surface area (Å²) in [6.07, 6.45) is 7.84. The van der Waals surface area contributed by atoms with Gasteiger partial charge < -0.3 is 4.90 Å². The smallest absolute Gasteiger partial charge is 0.0133 e. The molecule has 0 atom stereocenters. The molecule has 1 saturated heterocycles. The predicted octanol–water partition coefficient (Wildman–Crippen LogP) is 6.16. The topological polar surface area (TPSA) is 3.24 Å². The highest BCUT2D eigenvalue weighted by Gasteiger charge is 2.27. The van der Waals surface area contributed by atoms with Gasteiger partial charge >= 0.3 is 0 Å². The maximum atomic E-state index is 2.71. The molecule has 0 aromatic heterocycles. The van der Waals surface area contributed by atoms with Crippen LogP contribution in [0.2, 0.25) is 0 Å². The summed E-state index contributed by atoms with van der Waals surface area (Å²) in [5.74, 6) is 1.01. The molecule has 1 saturated carbocycles. The Morgan fingerprint density at radius 2 is 1.62 bits per heavy atom. The number of fused-ring (bicyclic) bond motifs is 3. The molecule has 2 fully saturated rings. The first-order chi connectivity index (χ1) is 12.8. The van der Waals surface area contributed by atoms with Crippen LogP contribution in [0.25, 0.3) is 16.7 Å². The van der Waals surface area contributed by atoms with E-state index in [1.54, 1.807) is 11.1 Å². The number of hydrogen-bond acceptors (Lipinski definition) is 1. The van der Waals surface area contributed by atoms with Crippen molar-refractivity contribution in [2.24, 2.45) is 5.92 Å². The maximum Gasteiger partial charge on any atom is 0.0133 e. The van der Waals surface area contributed by atoms with Crippen LogP contribution in [-0.4, -0.2) is 24.5 Å². The summed E-state index contributed by atoms with van der Waals surface area (Å²) in [6, 6.07) is 16.1. The van der Waals surface area contributed by atoms with Crippen LogP contribution in [0.4, 0.5) is 0 Å². The van der Waals surface area contributed by atoms with Crippen molar-refractivity contribution >= 4 is 28.2 Å². The summed E-state index contributed by atoms with van der Waals surface area (Å²) < 4.78 is 1.35. The molecule has 3 aliphatic rings. The van der Waals surface area contributed by atoms with Crippen LogP contribution in [0.1, 0.15) is 43.2 Å². The van der Waals surface area contributed by atoms with Gasteiger partial charge in [-0.05, 0) is 107 Å². The van der Waals surface area contributed by atoms with Gasteiger partial charge in [-0.2, -0.15) is 0 Å². The van der Waals surface area contributed by atoms with E-state index in [2.05, 4.69) is 70.0 Å². The minimum absolute atomic E-state index is 1.01. The number of benzene rings is 2. The van der Waals surface area contributed by atoms with Gasteiger partial charge in [0.15, 0.2) is 0 Å².